The van der Waals surface area contributed by atoms with Gasteiger partial charge < -0.3 is 9.22 Å². The van der Waals surface area contributed by atoms with Gasteiger partial charge in [0.25, 0.3) is 0 Å². The number of benzene rings is 2. The first-order chi connectivity index (χ1) is 13.3. The first kappa shape index (κ1) is 22.0. The van der Waals surface area contributed by atoms with E-state index in [4.69, 9.17) is 4.74 Å². The molecule has 0 radical (unpaired) electrons. The minimum atomic E-state index is -4.30. The zero-order chi connectivity index (χ0) is 20.6. The van der Waals surface area contributed by atoms with E-state index in [1.807, 2.05) is 30.3 Å². The van der Waals surface area contributed by atoms with Gasteiger partial charge in [0, 0.05) is 0 Å². The zero-order valence-corrected chi connectivity index (χ0v) is 16.8. The van der Waals surface area contributed by atoms with Crippen LogP contribution in [-0.4, -0.2) is 37.3 Å². The molecule has 2 rings (SSSR count). The highest BCUT2D eigenvalue weighted by Gasteiger charge is 2.29. The Morgan fingerprint density at radius 3 is 1.68 bits per heavy atom. The highest BCUT2D eigenvalue weighted by molar-refractivity contribution is 5.69. The number of alkyl halides is 3. The van der Waals surface area contributed by atoms with Crippen molar-refractivity contribution >= 4 is 12.2 Å². The molecule has 0 N–H and O–H groups in total. The minimum Gasteiger partial charge on any atom is -0.488 e. The van der Waals surface area contributed by atoms with Crippen molar-refractivity contribution in [3.8, 4) is 5.75 Å². The third-order valence-electron chi connectivity index (χ3n) is 5.43. The maximum atomic E-state index is 12.6. The van der Waals surface area contributed by atoms with Crippen LogP contribution in [0.5, 0.6) is 5.75 Å². The molecule has 0 bridgehead atoms. The molecule has 0 atom stereocenters. The summed E-state index contributed by atoms with van der Waals surface area (Å²) in [7, 11) is 0. The molecular weight excluding hydrogens is 363 g/mol. The Morgan fingerprint density at radius 1 is 0.786 bits per heavy atom. The fraction of sp³-hybridized carbons (Fsp3) is 0.391. The smallest absolute Gasteiger partial charge is 0.416 e. The number of quaternary nitrogens is 1. The third-order valence-corrected chi connectivity index (χ3v) is 5.43. The Hall–Kier alpha value is -2.27. The normalized spacial score (nSPS) is 12.5. The van der Waals surface area contributed by atoms with Crippen molar-refractivity contribution in [2.24, 2.45) is 0 Å². The van der Waals surface area contributed by atoms with Crippen LogP contribution in [0.15, 0.2) is 48.5 Å². The van der Waals surface area contributed by atoms with Gasteiger partial charge in [0.15, 0.2) is 0 Å². The van der Waals surface area contributed by atoms with Crippen LogP contribution in [0.3, 0.4) is 0 Å². The second-order valence-corrected chi connectivity index (χ2v) is 6.88. The summed E-state index contributed by atoms with van der Waals surface area (Å²) < 4.78 is 44.7. The van der Waals surface area contributed by atoms with Crippen LogP contribution in [-0.2, 0) is 6.18 Å². The summed E-state index contributed by atoms with van der Waals surface area (Å²) in [6.07, 6.45) is -0.632. The van der Waals surface area contributed by atoms with Crippen molar-refractivity contribution in [3.63, 3.8) is 0 Å². The number of nitrogens with zero attached hydrogens (tertiary/aromatic N) is 1. The largest absolute Gasteiger partial charge is 0.488 e. The molecule has 0 spiro atoms. The lowest BCUT2D eigenvalue weighted by Gasteiger charge is -2.35. The Bertz CT molecular complexity index is 737. The molecule has 2 aromatic carbocycles. The lowest BCUT2D eigenvalue weighted by molar-refractivity contribution is -0.923. The van der Waals surface area contributed by atoms with Crippen LogP contribution in [0.1, 0.15) is 37.5 Å². The van der Waals surface area contributed by atoms with Crippen LogP contribution in [0.4, 0.5) is 13.2 Å². The lowest BCUT2D eigenvalue weighted by Crippen LogP contribution is -2.49. The van der Waals surface area contributed by atoms with Gasteiger partial charge in [-0.15, -0.1) is 0 Å². The Labute approximate surface area is 165 Å². The highest BCUT2D eigenvalue weighted by Crippen LogP contribution is 2.29. The van der Waals surface area contributed by atoms with E-state index in [1.54, 1.807) is 6.08 Å². The van der Waals surface area contributed by atoms with Crippen molar-refractivity contribution < 1.29 is 22.4 Å². The summed E-state index contributed by atoms with van der Waals surface area (Å²) in [6, 6.07) is 12.9. The van der Waals surface area contributed by atoms with Gasteiger partial charge in [0.1, 0.15) is 18.9 Å². The van der Waals surface area contributed by atoms with Crippen molar-refractivity contribution in [3.05, 3.63) is 65.2 Å². The predicted molar refractivity (Wildman–Crippen MR) is 109 cm³/mol. The van der Waals surface area contributed by atoms with Gasteiger partial charge in [-0.2, -0.15) is 13.2 Å². The number of hydrogen-bond donors (Lipinski definition) is 0. The molecule has 5 heteroatoms. The standard InChI is InChI=1S/C23H29F3NO/c1-4-27(5-2,6-3)17-18-28-22-15-11-20(12-16-22)8-7-19-9-13-21(14-10-19)23(24,25)26/h7-16H,4-6,17-18H2,1-3H3/q+1. The quantitative estimate of drug-likeness (QED) is 0.368. The average molecular weight is 392 g/mol. The van der Waals surface area contributed by atoms with E-state index in [9.17, 15) is 13.2 Å². The molecule has 2 nitrogen and oxygen atoms in total. The fourth-order valence-corrected chi connectivity index (χ4v) is 3.15. The molecular formula is C23H29F3NO+. The van der Waals surface area contributed by atoms with Crippen LogP contribution in [0.2, 0.25) is 0 Å². The Balaban J connectivity index is 1.91. The van der Waals surface area contributed by atoms with Crippen LogP contribution in [0.25, 0.3) is 12.2 Å². The van der Waals surface area contributed by atoms with Gasteiger partial charge in [-0.1, -0.05) is 36.4 Å². The fourth-order valence-electron chi connectivity index (χ4n) is 3.15. The summed E-state index contributed by atoms with van der Waals surface area (Å²) in [5.41, 5.74) is 1.05. The molecule has 0 amide bonds. The number of rotatable bonds is 9. The van der Waals surface area contributed by atoms with E-state index in [0.29, 0.717) is 6.61 Å². The van der Waals surface area contributed by atoms with Crippen LogP contribution in [0, 0.1) is 0 Å². The Morgan fingerprint density at radius 2 is 1.25 bits per heavy atom. The minimum absolute atomic E-state index is 0.636. The van der Waals surface area contributed by atoms with Gasteiger partial charge in [0.2, 0.25) is 0 Å². The molecule has 152 valence electrons. The first-order valence-corrected chi connectivity index (χ1v) is 9.75. The topological polar surface area (TPSA) is 9.23 Å². The lowest BCUT2D eigenvalue weighted by atomic mass is 10.1. The molecule has 0 fully saturated rings. The highest BCUT2D eigenvalue weighted by atomic mass is 19.4. The van der Waals surface area contributed by atoms with Gasteiger partial charge >= 0.3 is 6.18 Å². The maximum Gasteiger partial charge on any atom is 0.416 e. The number of ether oxygens (including phenoxy) is 1. The first-order valence-electron chi connectivity index (χ1n) is 9.75. The number of likely N-dealkylation sites (N-methyl/N-ethyl adjacent to an activating group) is 1. The van der Waals surface area contributed by atoms with Crippen LogP contribution >= 0.6 is 0 Å². The van der Waals surface area contributed by atoms with E-state index >= 15 is 0 Å². The molecule has 0 unspecified atom stereocenters. The molecule has 0 heterocycles. The summed E-state index contributed by atoms with van der Waals surface area (Å²) in [4.78, 5) is 0. The van der Waals surface area contributed by atoms with Gasteiger partial charge in [-0.05, 0) is 56.2 Å². The maximum absolute atomic E-state index is 12.6. The second kappa shape index (κ2) is 9.78. The predicted octanol–water partition coefficient (Wildman–Crippen LogP) is 6.13. The second-order valence-electron chi connectivity index (χ2n) is 6.88. The van der Waals surface area contributed by atoms with Gasteiger partial charge in [-0.3, -0.25) is 0 Å². The van der Waals surface area contributed by atoms with E-state index in [1.165, 1.54) is 12.1 Å². The number of hydrogen-bond acceptors (Lipinski definition) is 1. The molecule has 2 aromatic rings. The molecule has 0 aromatic heterocycles. The third kappa shape index (κ3) is 6.13. The Kier molecular flexibility index (Phi) is 7.69. The monoisotopic (exact) mass is 392 g/mol. The van der Waals surface area contributed by atoms with E-state index in [0.717, 1.165) is 59.7 Å². The van der Waals surface area contributed by atoms with Crippen molar-refractivity contribution in [1.82, 2.24) is 0 Å². The average Bonchev–Trinajstić information content (AvgIpc) is 2.71. The summed E-state index contributed by atoms with van der Waals surface area (Å²) in [5.74, 6) is 0.827. The SMILES string of the molecule is CC[N+](CC)(CC)CCOc1ccc(C=Cc2ccc(C(F)(F)F)cc2)cc1. The van der Waals surface area contributed by atoms with Crippen LogP contribution < -0.4 is 4.74 Å². The van der Waals surface area contributed by atoms with Crippen molar-refractivity contribution in [1.29, 1.82) is 0 Å². The molecule has 28 heavy (non-hydrogen) atoms. The van der Waals surface area contributed by atoms with E-state index in [-0.39, 0.29) is 0 Å². The van der Waals surface area contributed by atoms with E-state index in [2.05, 4.69) is 20.8 Å². The van der Waals surface area contributed by atoms with Crippen molar-refractivity contribution in [2.75, 3.05) is 32.8 Å². The molecule has 0 saturated carbocycles. The molecule has 0 aliphatic carbocycles. The molecule has 0 aliphatic rings. The summed E-state index contributed by atoms with van der Waals surface area (Å²) in [6.45, 7) is 11.6. The molecule has 0 aliphatic heterocycles. The van der Waals surface area contributed by atoms with Crippen molar-refractivity contribution in [2.45, 2.75) is 26.9 Å². The van der Waals surface area contributed by atoms with E-state index < -0.39 is 11.7 Å². The van der Waals surface area contributed by atoms with Gasteiger partial charge in [0.05, 0.1) is 25.2 Å². The molecule has 0 saturated heterocycles. The zero-order valence-electron chi connectivity index (χ0n) is 16.8. The number of halogens is 3. The summed E-state index contributed by atoms with van der Waals surface area (Å²) >= 11 is 0. The summed E-state index contributed by atoms with van der Waals surface area (Å²) in [5, 5.41) is 0. The van der Waals surface area contributed by atoms with Gasteiger partial charge in [-0.25, -0.2) is 0 Å².